The fourth-order valence-electron chi connectivity index (χ4n) is 5.04. The number of nitrogens with one attached hydrogen (secondary N) is 1. The minimum Gasteiger partial charge on any atom is -0.489 e. The summed E-state index contributed by atoms with van der Waals surface area (Å²) in [7, 11) is 0. The molecular formula is C31H34N2O6S. The molecule has 40 heavy (non-hydrogen) atoms. The summed E-state index contributed by atoms with van der Waals surface area (Å²) < 4.78 is 23.5. The maximum atomic E-state index is 11.8. The van der Waals surface area contributed by atoms with Crippen molar-refractivity contribution < 1.29 is 28.5 Å². The summed E-state index contributed by atoms with van der Waals surface area (Å²) in [4.78, 5) is 28.0. The van der Waals surface area contributed by atoms with E-state index >= 15 is 0 Å². The molecule has 1 unspecified atom stereocenters. The van der Waals surface area contributed by atoms with Gasteiger partial charge in [-0.15, -0.1) is 0 Å². The lowest BCUT2D eigenvalue weighted by molar-refractivity contribution is -0.141. The zero-order chi connectivity index (χ0) is 28.4. The van der Waals surface area contributed by atoms with Crippen LogP contribution in [0.1, 0.15) is 41.8 Å². The van der Waals surface area contributed by atoms with Gasteiger partial charge in [-0.3, -0.25) is 14.9 Å². The van der Waals surface area contributed by atoms with Crippen LogP contribution in [0.15, 0.2) is 48.5 Å². The smallest absolute Gasteiger partial charge is 0.286 e. The van der Waals surface area contributed by atoms with Crippen molar-refractivity contribution in [1.29, 1.82) is 0 Å². The number of hydrogen-bond donors (Lipinski definition) is 1. The molecule has 8 nitrogen and oxygen atoms in total. The second-order valence-electron chi connectivity index (χ2n) is 10.6. The molecule has 2 saturated heterocycles. The fraction of sp³-hybridized carbons (Fsp3) is 0.387. The Bertz CT molecular complexity index is 1400. The van der Waals surface area contributed by atoms with Crippen molar-refractivity contribution in [2.45, 2.75) is 64.8 Å². The number of rotatable bonds is 9. The van der Waals surface area contributed by atoms with Crippen LogP contribution in [0.25, 0.3) is 11.1 Å². The van der Waals surface area contributed by atoms with Gasteiger partial charge in [-0.2, -0.15) is 0 Å². The highest BCUT2D eigenvalue weighted by molar-refractivity contribution is 8.15. The van der Waals surface area contributed by atoms with Gasteiger partial charge in [-0.05, 0) is 81.0 Å². The summed E-state index contributed by atoms with van der Waals surface area (Å²) in [5, 5.41) is 1.66. The van der Waals surface area contributed by atoms with E-state index in [0.717, 1.165) is 56.6 Å². The van der Waals surface area contributed by atoms with E-state index in [4.69, 9.17) is 23.9 Å². The van der Waals surface area contributed by atoms with Gasteiger partial charge in [0.15, 0.2) is 5.79 Å². The van der Waals surface area contributed by atoms with Crippen LogP contribution in [-0.4, -0.2) is 46.5 Å². The fourth-order valence-corrected chi connectivity index (χ4v) is 5.90. The van der Waals surface area contributed by atoms with Crippen LogP contribution < -0.4 is 14.8 Å². The Hall–Kier alpha value is -3.40. The first-order valence-electron chi connectivity index (χ1n) is 13.3. The van der Waals surface area contributed by atoms with Crippen LogP contribution >= 0.6 is 11.8 Å². The average Bonchev–Trinajstić information content (AvgIpc) is 3.42. The van der Waals surface area contributed by atoms with Crippen molar-refractivity contribution >= 4 is 22.9 Å². The number of imide groups is 1. The maximum absolute atomic E-state index is 11.8. The summed E-state index contributed by atoms with van der Waals surface area (Å²) in [6.45, 7) is 11.3. The van der Waals surface area contributed by atoms with Gasteiger partial charge in [0, 0.05) is 17.3 Å². The van der Waals surface area contributed by atoms with E-state index in [1.165, 1.54) is 0 Å². The molecule has 0 saturated carbocycles. The molecule has 0 radical (unpaired) electrons. The number of carbonyl (C=O) groups excluding carboxylic acids is 2. The van der Waals surface area contributed by atoms with Crippen LogP contribution in [-0.2, 0) is 27.3 Å². The normalized spacial score (nSPS) is 20.0. The molecule has 0 aliphatic carbocycles. The van der Waals surface area contributed by atoms with Gasteiger partial charge in [-0.25, -0.2) is 4.98 Å². The Labute approximate surface area is 238 Å². The molecule has 0 spiro atoms. The lowest BCUT2D eigenvalue weighted by atomic mass is 9.93. The van der Waals surface area contributed by atoms with E-state index in [9.17, 15) is 9.59 Å². The number of hydrogen-bond acceptors (Lipinski definition) is 8. The zero-order valence-electron chi connectivity index (χ0n) is 23.4. The molecule has 2 aromatic carbocycles. The average molecular weight is 563 g/mol. The van der Waals surface area contributed by atoms with Gasteiger partial charge in [0.2, 0.25) is 11.8 Å². The molecule has 2 aliphatic rings. The number of aryl methyl sites for hydroxylation is 2. The number of pyridine rings is 1. The third-order valence-corrected chi connectivity index (χ3v) is 8.06. The van der Waals surface area contributed by atoms with Crippen LogP contribution in [0.2, 0.25) is 0 Å². The number of benzene rings is 2. The minimum atomic E-state index is -0.580. The Kier molecular flexibility index (Phi) is 8.16. The number of carbonyl (C=O) groups is 2. The Morgan fingerprint density at radius 2 is 1.85 bits per heavy atom. The van der Waals surface area contributed by atoms with Gasteiger partial charge < -0.3 is 18.9 Å². The summed E-state index contributed by atoms with van der Waals surface area (Å²) in [5.74, 6) is 0.505. The largest absolute Gasteiger partial charge is 0.489 e. The first-order valence-corrected chi connectivity index (χ1v) is 14.2. The first-order chi connectivity index (χ1) is 19.1. The third kappa shape index (κ3) is 6.49. The second-order valence-corrected chi connectivity index (χ2v) is 11.8. The van der Waals surface area contributed by atoms with E-state index in [0.29, 0.717) is 32.1 Å². The van der Waals surface area contributed by atoms with Crippen molar-refractivity contribution in [3.8, 4) is 22.8 Å². The summed E-state index contributed by atoms with van der Waals surface area (Å²) >= 11 is 1.04. The predicted octanol–water partition coefficient (Wildman–Crippen LogP) is 5.68. The second kappa shape index (κ2) is 11.6. The van der Waals surface area contributed by atoms with Crippen molar-refractivity contribution in [3.63, 3.8) is 0 Å². The molecule has 3 aromatic rings. The summed E-state index contributed by atoms with van der Waals surface area (Å²) in [5.41, 5.74) is 7.37. The molecule has 0 bridgehead atoms. The van der Waals surface area contributed by atoms with Crippen molar-refractivity contribution in [2.75, 3.05) is 13.2 Å². The van der Waals surface area contributed by atoms with Crippen molar-refractivity contribution in [1.82, 2.24) is 10.3 Å². The number of ether oxygens (including phenoxy) is 4. The quantitative estimate of drug-likeness (QED) is 0.356. The number of aromatic nitrogens is 1. The highest BCUT2D eigenvalue weighted by atomic mass is 32.2. The molecule has 9 heteroatoms. The molecule has 2 fully saturated rings. The van der Waals surface area contributed by atoms with E-state index < -0.39 is 5.79 Å². The standard InChI is InChI=1S/C31H34N2O6S/c1-18-13-27(37-16-24-17-38-31(4,5)39-24)32-20(3)28(18)25-8-6-7-22(19(25)2)15-36-23-11-9-21(10-12-23)14-26-29(34)33-30(35)40-26/h6-13,24,26H,14-17H2,1-5H3,(H,33,34,35)/t24-,26?/m0/s1. The third-order valence-electron chi connectivity index (χ3n) is 7.08. The van der Waals surface area contributed by atoms with Crippen molar-refractivity contribution in [3.05, 3.63) is 76.5 Å². The van der Waals surface area contributed by atoms with Gasteiger partial charge in [0.05, 0.1) is 11.9 Å². The highest BCUT2D eigenvalue weighted by Crippen LogP contribution is 2.33. The van der Waals surface area contributed by atoms with Gasteiger partial charge >= 0.3 is 0 Å². The molecule has 2 atom stereocenters. The van der Waals surface area contributed by atoms with Gasteiger partial charge in [0.1, 0.15) is 25.1 Å². The molecule has 1 aromatic heterocycles. The highest BCUT2D eigenvalue weighted by Gasteiger charge is 2.33. The predicted molar refractivity (Wildman–Crippen MR) is 154 cm³/mol. The Morgan fingerprint density at radius 3 is 2.50 bits per heavy atom. The molecule has 1 N–H and O–H groups in total. The van der Waals surface area contributed by atoms with Crippen LogP contribution in [0.5, 0.6) is 11.6 Å². The topological polar surface area (TPSA) is 96.0 Å². The lowest BCUT2D eigenvalue weighted by Gasteiger charge is -2.18. The van der Waals surface area contributed by atoms with E-state index in [-0.39, 0.29) is 22.5 Å². The lowest BCUT2D eigenvalue weighted by Crippen LogP contribution is -2.25. The van der Waals surface area contributed by atoms with Crippen LogP contribution in [0.4, 0.5) is 4.79 Å². The maximum Gasteiger partial charge on any atom is 0.286 e. The molecular weight excluding hydrogens is 528 g/mol. The summed E-state index contributed by atoms with van der Waals surface area (Å²) in [6.07, 6.45) is 0.381. The summed E-state index contributed by atoms with van der Waals surface area (Å²) in [6, 6.07) is 15.9. The Balaban J connectivity index is 1.23. The SMILES string of the molecule is Cc1cc(OC[C@H]2COC(C)(C)O2)nc(C)c1-c1cccc(COc2ccc(CC3SC(=O)NC3=O)cc2)c1C. The monoisotopic (exact) mass is 562 g/mol. The van der Waals surface area contributed by atoms with Crippen LogP contribution in [0, 0.1) is 20.8 Å². The minimum absolute atomic E-state index is 0.120. The molecule has 5 rings (SSSR count). The number of thioether (sulfide) groups is 1. The first kappa shape index (κ1) is 28.1. The molecule has 2 aliphatic heterocycles. The van der Waals surface area contributed by atoms with E-state index in [1.54, 1.807) is 0 Å². The number of nitrogens with zero attached hydrogens (tertiary/aromatic N) is 1. The van der Waals surface area contributed by atoms with Crippen molar-refractivity contribution in [2.24, 2.45) is 0 Å². The molecule has 3 heterocycles. The molecule has 210 valence electrons. The van der Waals surface area contributed by atoms with E-state index in [1.807, 2.05) is 57.2 Å². The van der Waals surface area contributed by atoms with Gasteiger partial charge in [0.25, 0.3) is 5.24 Å². The number of amides is 2. The zero-order valence-corrected chi connectivity index (χ0v) is 24.2. The van der Waals surface area contributed by atoms with Crippen LogP contribution in [0.3, 0.4) is 0 Å². The Morgan fingerprint density at radius 1 is 1.07 bits per heavy atom. The van der Waals surface area contributed by atoms with Gasteiger partial charge in [-0.1, -0.05) is 42.1 Å². The molecule has 2 amide bonds. The van der Waals surface area contributed by atoms with E-state index in [2.05, 4.69) is 31.3 Å².